The molecule has 3 aromatic rings. The predicted octanol–water partition coefficient (Wildman–Crippen LogP) is 5.97. The highest BCUT2D eigenvalue weighted by molar-refractivity contribution is 5.92. The Kier molecular flexibility index (Phi) is 6.42. The SMILES string of the molecule is C=C(O)c1c(-c2cccc(N3CCN(C4=CC=CNC=C4)CC3)c2)c(-c2ccc(F)cc2)n(C)c1C. The zero-order valence-electron chi connectivity index (χ0n) is 20.7. The van der Waals surface area contributed by atoms with E-state index >= 15 is 0 Å². The van der Waals surface area contributed by atoms with E-state index in [9.17, 15) is 9.50 Å². The highest BCUT2D eigenvalue weighted by Gasteiger charge is 2.24. The smallest absolute Gasteiger partial charge is 0.123 e. The van der Waals surface area contributed by atoms with Crippen molar-refractivity contribution in [1.29, 1.82) is 0 Å². The maximum Gasteiger partial charge on any atom is 0.123 e. The number of hydrogen-bond acceptors (Lipinski definition) is 4. The van der Waals surface area contributed by atoms with E-state index in [1.165, 1.54) is 17.8 Å². The number of rotatable bonds is 5. The lowest BCUT2D eigenvalue weighted by molar-refractivity contribution is 0.330. The summed E-state index contributed by atoms with van der Waals surface area (Å²) in [5, 5.41) is 13.7. The molecule has 0 amide bonds. The van der Waals surface area contributed by atoms with E-state index in [0.29, 0.717) is 5.56 Å². The van der Waals surface area contributed by atoms with Gasteiger partial charge in [-0.05, 0) is 72.7 Å². The maximum atomic E-state index is 13.7. The fourth-order valence-electron chi connectivity index (χ4n) is 5.12. The summed E-state index contributed by atoms with van der Waals surface area (Å²) >= 11 is 0. The van der Waals surface area contributed by atoms with Crippen LogP contribution in [0.1, 0.15) is 11.3 Å². The third kappa shape index (κ3) is 4.42. The molecule has 0 radical (unpaired) electrons. The second-order valence-corrected chi connectivity index (χ2v) is 9.17. The van der Waals surface area contributed by atoms with Gasteiger partial charge in [0, 0.05) is 73.8 Å². The molecule has 184 valence electrons. The molecule has 1 aromatic heterocycles. The summed E-state index contributed by atoms with van der Waals surface area (Å²) in [6.07, 6.45) is 10.1. The maximum absolute atomic E-state index is 13.7. The molecule has 0 atom stereocenters. The van der Waals surface area contributed by atoms with Crippen molar-refractivity contribution in [3.63, 3.8) is 0 Å². The summed E-state index contributed by atoms with van der Waals surface area (Å²) in [5.74, 6) is -0.250. The van der Waals surface area contributed by atoms with E-state index in [1.54, 1.807) is 12.1 Å². The van der Waals surface area contributed by atoms with Crippen LogP contribution >= 0.6 is 0 Å². The summed E-state index contributed by atoms with van der Waals surface area (Å²) in [5.41, 5.74) is 7.68. The Bertz CT molecular complexity index is 1370. The summed E-state index contributed by atoms with van der Waals surface area (Å²) in [6.45, 7) is 9.49. The number of allylic oxidation sites excluding steroid dienone is 3. The zero-order chi connectivity index (χ0) is 25.2. The minimum atomic E-state index is -0.276. The normalized spacial score (nSPS) is 15.5. The van der Waals surface area contributed by atoms with Crippen molar-refractivity contribution < 1.29 is 9.50 Å². The van der Waals surface area contributed by atoms with Crippen LogP contribution in [0.5, 0.6) is 0 Å². The van der Waals surface area contributed by atoms with E-state index in [0.717, 1.165) is 59.9 Å². The van der Waals surface area contributed by atoms with Gasteiger partial charge in [-0.2, -0.15) is 0 Å². The lowest BCUT2D eigenvalue weighted by Gasteiger charge is -2.38. The second-order valence-electron chi connectivity index (χ2n) is 9.17. The monoisotopic (exact) mass is 482 g/mol. The summed E-state index contributed by atoms with van der Waals surface area (Å²) in [7, 11) is 1.97. The summed E-state index contributed by atoms with van der Waals surface area (Å²) in [6, 6.07) is 14.9. The van der Waals surface area contributed by atoms with Crippen molar-refractivity contribution in [1.82, 2.24) is 14.8 Å². The Morgan fingerprint density at radius 3 is 2.42 bits per heavy atom. The number of aliphatic hydroxyl groups excluding tert-OH is 1. The van der Waals surface area contributed by atoms with E-state index in [4.69, 9.17) is 0 Å². The van der Waals surface area contributed by atoms with Crippen LogP contribution in [0.15, 0.2) is 91.4 Å². The Hall–Kier alpha value is -4.19. The van der Waals surface area contributed by atoms with Crippen LogP contribution in [0.3, 0.4) is 0 Å². The van der Waals surface area contributed by atoms with Crippen molar-refractivity contribution in [3.8, 4) is 22.4 Å². The molecule has 2 aliphatic heterocycles. The first kappa shape index (κ1) is 23.5. The lowest BCUT2D eigenvalue weighted by atomic mass is 9.95. The van der Waals surface area contributed by atoms with Gasteiger partial charge < -0.3 is 24.8 Å². The highest BCUT2D eigenvalue weighted by atomic mass is 19.1. The molecular formula is C30H31FN4O. The van der Waals surface area contributed by atoms with E-state index < -0.39 is 0 Å². The van der Waals surface area contributed by atoms with Crippen LogP contribution < -0.4 is 10.2 Å². The van der Waals surface area contributed by atoms with Crippen LogP contribution in [0.2, 0.25) is 0 Å². The molecule has 1 saturated heterocycles. The largest absolute Gasteiger partial charge is 0.508 e. The van der Waals surface area contributed by atoms with E-state index in [2.05, 4.69) is 58.1 Å². The first-order chi connectivity index (χ1) is 17.4. The molecule has 36 heavy (non-hydrogen) atoms. The average Bonchev–Trinajstić information content (AvgIpc) is 3.05. The first-order valence-electron chi connectivity index (χ1n) is 12.2. The Balaban J connectivity index is 1.49. The highest BCUT2D eigenvalue weighted by Crippen LogP contribution is 2.42. The number of anilines is 1. The molecule has 0 aliphatic carbocycles. The Morgan fingerprint density at radius 1 is 0.972 bits per heavy atom. The molecule has 3 heterocycles. The molecule has 5 nitrogen and oxygen atoms in total. The van der Waals surface area contributed by atoms with Crippen LogP contribution in [-0.2, 0) is 7.05 Å². The summed E-state index contributed by atoms with van der Waals surface area (Å²) < 4.78 is 15.7. The van der Waals surface area contributed by atoms with Crippen LogP contribution in [0.25, 0.3) is 28.1 Å². The molecule has 0 spiro atoms. The topological polar surface area (TPSA) is 43.7 Å². The van der Waals surface area contributed by atoms with Gasteiger partial charge >= 0.3 is 0 Å². The number of aliphatic hydroxyl groups is 1. The molecular weight excluding hydrogens is 451 g/mol. The molecule has 5 rings (SSSR count). The second kappa shape index (κ2) is 9.82. The van der Waals surface area contributed by atoms with Gasteiger partial charge in [0.25, 0.3) is 0 Å². The van der Waals surface area contributed by atoms with Gasteiger partial charge in [-0.1, -0.05) is 18.7 Å². The quantitative estimate of drug-likeness (QED) is 0.440. The van der Waals surface area contributed by atoms with Crippen molar-refractivity contribution in [2.45, 2.75) is 6.92 Å². The molecule has 2 aromatic carbocycles. The third-order valence-electron chi connectivity index (χ3n) is 7.05. The molecule has 0 unspecified atom stereocenters. The number of benzene rings is 2. The van der Waals surface area contributed by atoms with Crippen LogP contribution in [0.4, 0.5) is 10.1 Å². The average molecular weight is 483 g/mol. The van der Waals surface area contributed by atoms with Crippen molar-refractivity contribution in [2.75, 3.05) is 31.1 Å². The van der Waals surface area contributed by atoms with Gasteiger partial charge in [-0.3, -0.25) is 0 Å². The standard InChI is InChI=1S/C30H31FN4O/c1-21-28(22(2)36)29(30(33(21)3)23-9-11-25(31)12-10-23)24-6-4-7-27(20-24)35-18-16-34(17-19-35)26-8-5-14-32-15-13-26/h4-15,20,32,36H,2,16-19H2,1,3H3. The van der Waals surface area contributed by atoms with Crippen LogP contribution in [-0.4, -0.2) is 40.8 Å². The number of halogens is 1. The first-order valence-corrected chi connectivity index (χ1v) is 12.2. The van der Waals surface area contributed by atoms with Crippen molar-refractivity contribution in [3.05, 3.63) is 109 Å². The van der Waals surface area contributed by atoms with Gasteiger partial charge in [-0.15, -0.1) is 0 Å². The van der Waals surface area contributed by atoms with Crippen molar-refractivity contribution >= 4 is 11.4 Å². The van der Waals surface area contributed by atoms with Gasteiger partial charge in [0.2, 0.25) is 0 Å². The minimum Gasteiger partial charge on any atom is -0.508 e. The van der Waals surface area contributed by atoms with Gasteiger partial charge in [0.15, 0.2) is 0 Å². The molecule has 2 aliphatic rings. The van der Waals surface area contributed by atoms with Gasteiger partial charge in [0.1, 0.15) is 11.6 Å². The molecule has 6 heteroatoms. The van der Waals surface area contributed by atoms with Crippen LogP contribution in [0, 0.1) is 12.7 Å². The fraction of sp³-hybridized carbons (Fsp3) is 0.200. The number of nitrogens with zero attached hydrogens (tertiary/aromatic N) is 3. The molecule has 0 bridgehead atoms. The number of nitrogens with one attached hydrogen (secondary N) is 1. The molecule has 2 N–H and O–H groups in total. The summed E-state index contributed by atoms with van der Waals surface area (Å²) in [4.78, 5) is 4.80. The van der Waals surface area contributed by atoms with Gasteiger partial charge in [0.05, 0.1) is 5.69 Å². The molecule has 0 saturated carbocycles. The molecule has 1 fully saturated rings. The number of hydrogen-bond donors (Lipinski definition) is 2. The Morgan fingerprint density at radius 2 is 1.69 bits per heavy atom. The Labute approximate surface area is 211 Å². The lowest BCUT2D eigenvalue weighted by Crippen LogP contribution is -2.45. The zero-order valence-corrected chi connectivity index (χ0v) is 20.7. The number of piperazine rings is 1. The predicted molar refractivity (Wildman–Crippen MR) is 146 cm³/mol. The number of aromatic nitrogens is 1. The van der Waals surface area contributed by atoms with Crippen molar-refractivity contribution in [2.24, 2.45) is 7.05 Å². The van der Waals surface area contributed by atoms with E-state index in [-0.39, 0.29) is 11.6 Å². The third-order valence-corrected chi connectivity index (χ3v) is 7.05. The van der Waals surface area contributed by atoms with Gasteiger partial charge in [-0.25, -0.2) is 4.39 Å². The minimum absolute atomic E-state index is 0.0266. The fourth-order valence-corrected chi connectivity index (χ4v) is 5.12. The van der Waals surface area contributed by atoms with E-state index in [1.807, 2.05) is 37.0 Å².